The van der Waals surface area contributed by atoms with Gasteiger partial charge in [-0.2, -0.15) is 0 Å². The van der Waals surface area contributed by atoms with Gasteiger partial charge in [0.05, 0.1) is 10.5 Å². The van der Waals surface area contributed by atoms with E-state index >= 15 is 0 Å². The van der Waals surface area contributed by atoms with Crippen LogP contribution in [0.3, 0.4) is 0 Å². The molecule has 0 saturated carbocycles. The van der Waals surface area contributed by atoms with Crippen LogP contribution in [0.15, 0.2) is 59.6 Å². The number of likely N-dealkylation sites (N-methyl/N-ethyl adjacent to an activating group) is 1. The summed E-state index contributed by atoms with van der Waals surface area (Å²) in [5.41, 5.74) is 1.48. The van der Waals surface area contributed by atoms with E-state index < -0.39 is 5.97 Å². The van der Waals surface area contributed by atoms with Gasteiger partial charge in [-0.3, -0.25) is 9.36 Å². The Balaban J connectivity index is 1.62. The van der Waals surface area contributed by atoms with Crippen LogP contribution in [0.4, 0.5) is 11.5 Å². The number of halogens is 3. The van der Waals surface area contributed by atoms with Gasteiger partial charge in [-0.25, -0.2) is 0 Å². The summed E-state index contributed by atoms with van der Waals surface area (Å²) in [4.78, 5) is 14.4. The van der Waals surface area contributed by atoms with Crippen molar-refractivity contribution in [2.75, 3.05) is 43.4 Å². The highest BCUT2D eigenvalue weighted by atomic mass is 35.5. The summed E-state index contributed by atoms with van der Waals surface area (Å²) >= 11 is 20.1. The molecule has 0 spiro atoms. The normalized spacial score (nSPS) is 11.3. The van der Waals surface area contributed by atoms with Crippen molar-refractivity contribution < 1.29 is 9.90 Å². The number of nitrogens with one attached hydrogen (secondary N) is 1. The third-order valence-electron chi connectivity index (χ3n) is 5.12. The summed E-state index contributed by atoms with van der Waals surface area (Å²) in [6.45, 7) is 1.39. The van der Waals surface area contributed by atoms with Crippen molar-refractivity contribution in [2.24, 2.45) is 0 Å². The van der Waals surface area contributed by atoms with Crippen molar-refractivity contribution in [3.8, 4) is 5.82 Å². The first-order valence-electron chi connectivity index (χ1n) is 10.9. The fourth-order valence-corrected chi connectivity index (χ4v) is 5.40. The van der Waals surface area contributed by atoms with Crippen molar-refractivity contribution in [2.45, 2.75) is 4.90 Å². The third-order valence-corrected chi connectivity index (χ3v) is 6.86. The lowest BCUT2D eigenvalue weighted by Crippen LogP contribution is -2.22. The molecule has 0 atom stereocenters. The SMILES string of the molecule is CN(C)CCNc1ccc(-n2cc(Cl)c3cc(N(CC(=O)O)Sc4cc(Cl)cc(Cl)c4)ccc32)nn1. The number of anilines is 2. The Kier molecular flexibility index (Phi) is 8.48. The summed E-state index contributed by atoms with van der Waals surface area (Å²) in [6, 6.07) is 14.4. The molecule has 188 valence electrons. The minimum Gasteiger partial charge on any atom is -0.480 e. The van der Waals surface area contributed by atoms with E-state index in [-0.39, 0.29) is 6.54 Å². The summed E-state index contributed by atoms with van der Waals surface area (Å²) in [7, 11) is 4.02. The topological polar surface area (TPSA) is 86.5 Å². The van der Waals surface area contributed by atoms with E-state index in [1.807, 2.05) is 49.0 Å². The van der Waals surface area contributed by atoms with E-state index in [4.69, 9.17) is 34.8 Å². The highest BCUT2D eigenvalue weighted by Gasteiger charge is 2.17. The van der Waals surface area contributed by atoms with Crippen LogP contribution >= 0.6 is 46.8 Å². The highest BCUT2D eigenvalue weighted by molar-refractivity contribution is 8.00. The average molecular weight is 566 g/mol. The molecule has 0 aliphatic rings. The lowest BCUT2D eigenvalue weighted by Gasteiger charge is -2.22. The molecule has 2 aromatic heterocycles. The molecule has 0 amide bonds. The number of nitrogens with zero attached hydrogens (tertiary/aromatic N) is 5. The van der Waals surface area contributed by atoms with Crippen molar-refractivity contribution in [3.63, 3.8) is 0 Å². The Hall–Kier alpha value is -2.69. The molecule has 0 radical (unpaired) electrons. The summed E-state index contributed by atoms with van der Waals surface area (Å²) in [5, 5.41) is 23.5. The minimum absolute atomic E-state index is 0.244. The number of hydrogen-bond donors (Lipinski definition) is 2. The zero-order valence-electron chi connectivity index (χ0n) is 19.5. The van der Waals surface area contributed by atoms with E-state index in [1.54, 1.807) is 28.7 Å². The molecular weight excluding hydrogens is 543 g/mol. The van der Waals surface area contributed by atoms with E-state index in [2.05, 4.69) is 20.4 Å². The summed E-state index contributed by atoms with van der Waals surface area (Å²) in [6.07, 6.45) is 1.77. The molecule has 0 aliphatic heterocycles. The second-order valence-electron chi connectivity index (χ2n) is 8.18. The number of carboxylic acid groups (broad SMARTS) is 1. The zero-order valence-corrected chi connectivity index (χ0v) is 22.5. The Morgan fingerprint density at radius 3 is 2.44 bits per heavy atom. The van der Waals surface area contributed by atoms with Crippen LogP contribution in [0, 0.1) is 0 Å². The molecule has 4 rings (SSSR count). The van der Waals surface area contributed by atoms with Gasteiger partial charge in [-0.05, 0) is 74.6 Å². The number of aromatic nitrogens is 3. The van der Waals surface area contributed by atoms with Crippen LogP contribution in [0.2, 0.25) is 15.1 Å². The molecule has 4 aromatic rings. The highest BCUT2D eigenvalue weighted by Crippen LogP contribution is 2.36. The molecule has 0 saturated heterocycles. The molecule has 0 aliphatic carbocycles. The first kappa shape index (κ1) is 26.4. The molecule has 8 nitrogen and oxygen atoms in total. The molecule has 0 bridgehead atoms. The Morgan fingerprint density at radius 1 is 1.06 bits per heavy atom. The van der Waals surface area contributed by atoms with Crippen molar-refractivity contribution in [3.05, 3.63) is 69.8 Å². The molecule has 36 heavy (non-hydrogen) atoms. The van der Waals surface area contributed by atoms with Gasteiger partial charge >= 0.3 is 5.97 Å². The van der Waals surface area contributed by atoms with E-state index in [0.717, 1.165) is 24.0 Å². The van der Waals surface area contributed by atoms with Gasteiger partial charge in [0.25, 0.3) is 0 Å². The second-order valence-corrected chi connectivity index (χ2v) is 10.6. The first-order valence-corrected chi connectivity index (χ1v) is 12.8. The summed E-state index contributed by atoms with van der Waals surface area (Å²) < 4.78 is 3.49. The maximum atomic E-state index is 11.6. The standard InChI is InChI=1S/C24H23Cl3N6O2S/c1-31(2)8-7-28-22-5-6-23(30-29-22)32-13-20(27)19-12-17(3-4-21(19)32)33(14-24(34)35)36-18-10-15(25)9-16(26)11-18/h3-6,9-13H,7-8,14H2,1-2H3,(H,28,29)(H,34,35). The predicted molar refractivity (Wildman–Crippen MR) is 148 cm³/mol. The van der Waals surface area contributed by atoms with Gasteiger partial charge in [-0.1, -0.05) is 34.8 Å². The maximum Gasteiger partial charge on any atom is 0.324 e. The van der Waals surface area contributed by atoms with Gasteiger partial charge < -0.3 is 19.6 Å². The van der Waals surface area contributed by atoms with Gasteiger partial charge in [-0.15, -0.1) is 10.2 Å². The quantitative estimate of drug-likeness (QED) is 0.228. The first-order chi connectivity index (χ1) is 17.2. The number of aliphatic carboxylic acids is 1. The molecule has 0 unspecified atom stereocenters. The lowest BCUT2D eigenvalue weighted by atomic mass is 10.2. The molecular formula is C24H23Cl3N6O2S. The monoisotopic (exact) mass is 564 g/mol. The van der Waals surface area contributed by atoms with Crippen LogP contribution in [0.25, 0.3) is 16.7 Å². The van der Waals surface area contributed by atoms with Crippen molar-refractivity contribution >= 4 is 75.1 Å². The van der Waals surface area contributed by atoms with Gasteiger partial charge in [0, 0.05) is 45.3 Å². The fraction of sp³-hybridized carbons (Fsp3) is 0.208. The van der Waals surface area contributed by atoms with Crippen molar-refractivity contribution in [1.29, 1.82) is 0 Å². The maximum absolute atomic E-state index is 11.6. The van der Waals surface area contributed by atoms with Gasteiger partial charge in [0.2, 0.25) is 0 Å². The predicted octanol–water partition coefficient (Wildman–Crippen LogP) is 5.95. The molecule has 2 aromatic carbocycles. The van der Waals surface area contributed by atoms with Gasteiger partial charge in [0.1, 0.15) is 12.4 Å². The van der Waals surface area contributed by atoms with Crippen LogP contribution in [0.1, 0.15) is 0 Å². The number of carbonyl (C=O) groups is 1. The van der Waals surface area contributed by atoms with E-state index in [0.29, 0.717) is 37.3 Å². The number of benzene rings is 2. The average Bonchev–Trinajstić information content (AvgIpc) is 3.14. The number of carboxylic acids is 1. The van der Waals surface area contributed by atoms with E-state index in [1.165, 1.54) is 11.9 Å². The minimum atomic E-state index is -0.978. The Bertz CT molecular complexity index is 1360. The number of hydrogen-bond acceptors (Lipinski definition) is 7. The van der Waals surface area contributed by atoms with Crippen LogP contribution in [-0.4, -0.2) is 64.5 Å². The molecule has 12 heteroatoms. The summed E-state index contributed by atoms with van der Waals surface area (Å²) in [5.74, 6) is 0.324. The van der Waals surface area contributed by atoms with Crippen molar-refractivity contribution in [1.82, 2.24) is 19.7 Å². The van der Waals surface area contributed by atoms with Crippen LogP contribution < -0.4 is 9.62 Å². The van der Waals surface area contributed by atoms with Gasteiger partial charge in [0.15, 0.2) is 5.82 Å². The Labute approximate surface area is 227 Å². The molecule has 2 heterocycles. The molecule has 0 fully saturated rings. The lowest BCUT2D eigenvalue weighted by molar-refractivity contribution is -0.135. The number of fused-ring (bicyclic) bond motifs is 1. The fourth-order valence-electron chi connectivity index (χ4n) is 3.49. The number of rotatable bonds is 10. The Morgan fingerprint density at radius 2 is 1.81 bits per heavy atom. The second kappa shape index (κ2) is 11.6. The zero-order chi connectivity index (χ0) is 25.8. The molecule has 2 N–H and O–H groups in total. The van der Waals surface area contributed by atoms with E-state index in [9.17, 15) is 9.90 Å². The third kappa shape index (κ3) is 6.54. The van der Waals surface area contributed by atoms with Crippen LogP contribution in [0.5, 0.6) is 0 Å². The van der Waals surface area contributed by atoms with Crippen LogP contribution in [-0.2, 0) is 4.79 Å². The largest absolute Gasteiger partial charge is 0.480 e. The smallest absolute Gasteiger partial charge is 0.324 e.